The Bertz CT molecular complexity index is 1310. The van der Waals surface area contributed by atoms with Crippen LogP contribution in [0, 0.1) is 11.8 Å². The lowest BCUT2D eigenvalue weighted by molar-refractivity contribution is -0.143. The van der Waals surface area contributed by atoms with Crippen LogP contribution >= 0.6 is 0 Å². The van der Waals surface area contributed by atoms with Crippen molar-refractivity contribution in [1.82, 2.24) is 10.2 Å². The maximum Gasteiger partial charge on any atom is 0.250 e. The molecular formula is C25H24N4O6. The molecule has 0 bridgehead atoms. The zero-order chi connectivity index (χ0) is 24.5. The van der Waals surface area contributed by atoms with E-state index in [1.807, 2.05) is 19.1 Å². The first-order valence-corrected chi connectivity index (χ1v) is 11.6. The minimum Gasteiger partial charge on any atom is -0.454 e. The largest absolute Gasteiger partial charge is 0.454 e. The third-order valence-corrected chi connectivity index (χ3v) is 7.51. The molecule has 2 aromatic rings. The topological polar surface area (TPSA) is 140 Å². The number of amides is 4. The van der Waals surface area contributed by atoms with Gasteiger partial charge in [-0.25, -0.2) is 0 Å². The van der Waals surface area contributed by atoms with Gasteiger partial charge in [-0.3, -0.25) is 29.4 Å². The van der Waals surface area contributed by atoms with Gasteiger partial charge in [0.2, 0.25) is 30.4 Å². The fraction of sp³-hybridized carbons (Fsp3) is 0.360. The number of fused-ring (bicyclic) bond motifs is 5. The second-order valence-corrected chi connectivity index (χ2v) is 9.33. The number of carbonyl (C=O) groups is 4. The number of nitrogens with two attached hydrogens (primary N) is 1. The highest BCUT2D eigenvalue weighted by Crippen LogP contribution is 2.54. The number of rotatable bonds is 5. The molecule has 4 atom stereocenters. The predicted octanol–water partition coefficient (Wildman–Crippen LogP) is 0.774. The van der Waals surface area contributed by atoms with Crippen LogP contribution < -0.4 is 25.8 Å². The molecule has 0 unspecified atom stereocenters. The van der Waals surface area contributed by atoms with Crippen molar-refractivity contribution in [2.24, 2.45) is 17.6 Å². The Labute approximate surface area is 200 Å². The van der Waals surface area contributed by atoms with Gasteiger partial charge in [0.05, 0.1) is 18.4 Å². The molecule has 1 spiro atoms. The number of primary amides is 1. The summed E-state index contributed by atoms with van der Waals surface area (Å²) in [4.78, 5) is 54.1. The highest BCUT2D eigenvalue weighted by atomic mass is 16.7. The van der Waals surface area contributed by atoms with Crippen LogP contribution in [0.25, 0.3) is 0 Å². The molecule has 10 heteroatoms. The summed E-state index contributed by atoms with van der Waals surface area (Å²) in [6.45, 7) is 2.11. The number of carbonyl (C=O) groups excluding carboxylic acids is 4. The number of ether oxygens (including phenoxy) is 2. The van der Waals surface area contributed by atoms with Crippen LogP contribution in [0.3, 0.4) is 0 Å². The third-order valence-electron chi connectivity index (χ3n) is 7.51. The van der Waals surface area contributed by atoms with Gasteiger partial charge in [-0.2, -0.15) is 0 Å². The van der Waals surface area contributed by atoms with E-state index in [9.17, 15) is 19.2 Å². The summed E-state index contributed by atoms with van der Waals surface area (Å²) in [5.41, 5.74) is 6.93. The van der Waals surface area contributed by atoms with Crippen LogP contribution in [0.1, 0.15) is 30.0 Å². The van der Waals surface area contributed by atoms with Crippen molar-refractivity contribution in [2.75, 3.05) is 12.1 Å². The van der Waals surface area contributed by atoms with E-state index in [4.69, 9.17) is 15.2 Å². The van der Waals surface area contributed by atoms with E-state index in [1.165, 1.54) is 4.90 Å². The van der Waals surface area contributed by atoms with Gasteiger partial charge in [0.25, 0.3) is 0 Å². The molecule has 6 rings (SSSR count). The van der Waals surface area contributed by atoms with Gasteiger partial charge in [0.1, 0.15) is 5.54 Å². The van der Waals surface area contributed by atoms with Crippen molar-refractivity contribution in [2.45, 2.75) is 37.9 Å². The number of nitrogens with zero attached hydrogens (tertiary/aromatic N) is 1. The average molecular weight is 476 g/mol. The van der Waals surface area contributed by atoms with Crippen LogP contribution in [-0.2, 0) is 37.7 Å². The molecule has 4 aliphatic rings. The molecule has 4 amide bonds. The normalized spacial score (nSPS) is 28.0. The van der Waals surface area contributed by atoms with Gasteiger partial charge >= 0.3 is 0 Å². The molecule has 0 saturated carbocycles. The van der Waals surface area contributed by atoms with E-state index < -0.39 is 47.0 Å². The van der Waals surface area contributed by atoms with E-state index in [-0.39, 0.29) is 19.8 Å². The van der Waals surface area contributed by atoms with Crippen molar-refractivity contribution >= 4 is 29.3 Å². The zero-order valence-electron chi connectivity index (χ0n) is 19.0. The molecule has 2 saturated heterocycles. The predicted molar refractivity (Wildman–Crippen MR) is 122 cm³/mol. The SMILES string of the molecule is CCc1cccc2c1NC(=O)[C@@]21N[C@@H](CC(N)=O)[C@H]2C(=O)N(Cc3ccc4c(c3)OCO4)C(=O)[C@@H]21. The summed E-state index contributed by atoms with van der Waals surface area (Å²) >= 11 is 0. The zero-order valence-corrected chi connectivity index (χ0v) is 19.0. The van der Waals surface area contributed by atoms with Crippen LogP contribution in [0.15, 0.2) is 36.4 Å². The second-order valence-electron chi connectivity index (χ2n) is 9.33. The number of benzene rings is 2. The summed E-state index contributed by atoms with van der Waals surface area (Å²) in [7, 11) is 0. The number of hydrogen-bond donors (Lipinski definition) is 3. The lowest BCUT2D eigenvalue weighted by atomic mass is 9.76. The van der Waals surface area contributed by atoms with E-state index in [0.717, 1.165) is 5.56 Å². The number of imide groups is 1. The Hall–Kier alpha value is -3.92. The summed E-state index contributed by atoms with van der Waals surface area (Å²) in [6.07, 6.45) is 0.511. The highest BCUT2D eigenvalue weighted by molar-refractivity contribution is 6.15. The summed E-state index contributed by atoms with van der Waals surface area (Å²) in [5.74, 6) is -2.66. The van der Waals surface area contributed by atoms with Gasteiger partial charge in [-0.05, 0) is 29.7 Å². The van der Waals surface area contributed by atoms with Crippen molar-refractivity contribution in [1.29, 1.82) is 0 Å². The molecular weight excluding hydrogens is 452 g/mol. The van der Waals surface area contributed by atoms with E-state index in [1.54, 1.807) is 24.3 Å². The van der Waals surface area contributed by atoms with Gasteiger partial charge in [-0.15, -0.1) is 0 Å². The van der Waals surface area contributed by atoms with Crippen LogP contribution in [0.5, 0.6) is 11.5 Å². The number of nitrogens with one attached hydrogen (secondary N) is 2. The van der Waals surface area contributed by atoms with Crippen molar-refractivity contribution < 1.29 is 28.7 Å². The third kappa shape index (κ3) is 2.92. The van der Waals surface area contributed by atoms with Crippen molar-refractivity contribution in [3.05, 3.63) is 53.1 Å². The second kappa shape index (κ2) is 7.54. The monoisotopic (exact) mass is 476 g/mol. The Balaban J connectivity index is 1.42. The first-order valence-electron chi connectivity index (χ1n) is 11.6. The van der Waals surface area contributed by atoms with E-state index in [0.29, 0.717) is 34.7 Å². The standard InChI is InChI=1S/C25H24N4O6/c1-2-13-4-3-5-14-21(13)27-24(33)25(14)20-19(15(28-25)9-18(26)30)22(31)29(23(20)32)10-12-6-7-16-17(8-12)35-11-34-16/h3-8,15,19-20,28H,2,9-11H2,1H3,(H2,26,30)(H,27,33)/t15-,19+,20+,25+/m0/s1. The minimum absolute atomic E-state index is 0.0180. The molecule has 4 heterocycles. The van der Waals surface area contributed by atoms with Gasteiger partial charge in [0.15, 0.2) is 11.5 Å². The average Bonchev–Trinajstić information content (AvgIpc) is 3.55. The highest BCUT2D eigenvalue weighted by Gasteiger charge is 2.70. The fourth-order valence-electron chi connectivity index (χ4n) is 6.01. The first-order chi connectivity index (χ1) is 16.8. The molecule has 10 nitrogen and oxygen atoms in total. The van der Waals surface area contributed by atoms with Crippen LogP contribution in [-0.4, -0.2) is 41.4 Å². The van der Waals surface area contributed by atoms with Crippen molar-refractivity contribution in [3.8, 4) is 11.5 Å². The number of para-hydroxylation sites is 1. The number of likely N-dealkylation sites (tertiary alicyclic amines) is 1. The lowest BCUT2D eigenvalue weighted by Gasteiger charge is -2.29. The van der Waals surface area contributed by atoms with Crippen molar-refractivity contribution in [3.63, 3.8) is 0 Å². The lowest BCUT2D eigenvalue weighted by Crippen LogP contribution is -2.53. The molecule has 0 radical (unpaired) electrons. The Morgan fingerprint density at radius 3 is 2.71 bits per heavy atom. The number of hydrogen-bond acceptors (Lipinski definition) is 7. The summed E-state index contributed by atoms with van der Waals surface area (Å²) in [5, 5.41) is 6.15. The molecule has 35 heavy (non-hydrogen) atoms. The van der Waals surface area contributed by atoms with Gasteiger partial charge in [-0.1, -0.05) is 31.2 Å². The van der Waals surface area contributed by atoms with Gasteiger partial charge < -0.3 is 20.5 Å². The van der Waals surface area contributed by atoms with Crippen LogP contribution in [0.4, 0.5) is 5.69 Å². The quantitative estimate of drug-likeness (QED) is 0.542. The Morgan fingerprint density at radius 1 is 1.14 bits per heavy atom. The molecule has 4 N–H and O–H groups in total. The maximum atomic E-state index is 13.9. The maximum absolute atomic E-state index is 13.9. The minimum atomic E-state index is -1.46. The Morgan fingerprint density at radius 2 is 1.94 bits per heavy atom. The number of anilines is 1. The molecule has 4 aliphatic heterocycles. The van der Waals surface area contributed by atoms with E-state index in [2.05, 4.69) is 10.6 Å². The van der Waals surface area contributed by atoms with E-state index >= 15 is 0 Å². The smallest absolute Gasteiger partial charge is 0.250 e. The van der Waals surface area contributed by atoms with Crippen LogP contribution in [0.2, 0.25) is 0 Å². The first kappa shape index (κ1) is 21.6. The molecule has 0 aromatic heterocycles. The summed E-state index contributed by atoms with van der Waals surface area (Å²) < 4.78 is 10.8. The molecule has 180 valence electrons. The molecule has 2 aromatic carbocycles. The summed E-state index contributed by atoms with van der Waals surface area (Å²) in [6, 6.07) is 10.0. The Kier molecular flexibility index (Phi) is 4.65. The van der Waals surface area contributed by atoms with Gasteiger partial charge in [0, 0.05) is 23.7 Å². The molecule has 0 aliphatic carbocycles. The fourth-order valence-corrected chi connectivity index (χ4v) is 6.01. The molecule has 2 fully saturated rings. The number of aryl methyl sites for hydroxylation is 1.